The number of methoxy groups -OCH3 is 1. The highest BCUT2D eigenvalue weighted by atomic mass is 16.5. The Balaban J connectivity index is 1.68. The quantitative estimate of drug-likeness (QED) is 0.880. The Kier molecular flexibility index (Phi) is 5.28. The largest absolute Gasteiger partial charge is 0.496 e. The van der Waals surface area contributed by atoms with Gasteiger partial charge in [0.05, 0.1) is 20.3 Å². The Hall–Kier alpha value is -2.60. The standard InChI is InChI=1S/C18H20N2O4/c1-22-16-7-3-2-5-13(16)11-20-17(21)15-6-4-9-19-18(15)24-14-8-10-23-12-14/h2-7,9,14H,8,10-12H2,1H3,(H,20,21)/t14-/m0/s1. The van der Waals surface area contributed by atoms with Crippen molar-refractivity contribution in [1.29, 1.82) is 0 Å². The van der Waals surface area contributed by atoms with Crippen LogP contribution in [0.25, 0.3) is 0 Å². The number of hydrogen-bond acceptors (Lipinski definition) is 5. The van der Waals surface area contributed by atoms with Crippen molar-refractivity contribution in [2.75, 3.05) is 20.3 Å². The van der Waals surface area contributed by atoms with Crippen molar-refractivity contribution in [1.82, 2.24) is 10.3 Å². The van der Waals surface area contributed by atoms with Gasteiger partial charge in [-0.25, -0.2) is 4.98 Å². The fourth-order valence-electron chi connectivity index (χ4n) is 2.54. The van der Waals surface area contributed by atoms with E-state index in [1.165, 1.54) is 0 Å². The first kappa shape index (κ1) is 16.3. The third-order valence-corrected chi connectivity index (χ3v) is 3.81. The Bertz CT molecular complexity index is 699. The maximum Gasteiger partial charge on any atom is 0.257 e. The number of aromatic nitrogens is 1. The molecule has 1 aromatic heterocycles. The zero-order chi connectivity index (χ0) is 16.8. The molecule has 1 aliphatic heterocycles. The Labute approximate surface area is 140 Å². The van der Waals surface area contributed by atoms with Gasteiger partial charge in [-0.1, -0.05) is 18.2 Å². The van der Waals surface area contributed by atoms with E-state index in [0.717, 1.165) is 17.7 Å². The lowest BCUT2D eigenvalue weighted by Gasteiger charge is -2.14. The molecular formula is C18H20N2O4. The van der Waals surface area contributed by atoms with Crippen LogP contribution in [0.3, 0.4) is 0 Å². The third kappa shape index (κ3) is 3.83. The van der Waals surface area contributed by atoms with Crippen molar-refractivity contribution in [3.8, 4) is 11.6 Å². The second-order valence-corrected chi connectivity index (χ2v) is 5.45. The van der Waals surface area contributed by atoms with Gasteiger partial charge in [-0.05, 0) is 18.2 Å². The topological polar surface area (TPSA) is 69.7 Å². The lowest BCUT2D eigenvalue weighted by Crippen LogP contribution is -2.25. The highest BCUT2D eigenvalue weighted by molar-refractivity contribution is 5.96. The van der Waals surface area contributed by atoms with Gasteiger partial charge < -0.3 is 19.5 Å². The average molecular weight is 328 g/mol. The fraction of sp³-hybridized carbons (Fsp3) is 0.333. The summed E-state index contributed by atoms with van der Waals surface area (Å²) in [7, 11) is 1.61. The first-order valence-corrected chi connectivity index (χ1v) is 7.87. The van der Waals surface area contributed by atoms with E-state index in [2.05, 4.69) is 10.3 Å². The van der Waals surface area contributed by atoms with Crippen LogP contribution in [0.2, 0.25) is 0 Å². The highest BCUT2D eigenvalue weighted by Crippen LogP contribution is 2.20. The molecule has 24 heavy (non-hydrogen) atoms. The lowest BCUT2D eigenvalue weighted by molar-refractivity contribution is 0.0937. The van der Waals surface area contributed by atoms with Gasteiger partial charge in [-0.3, -0.25) is 4.79 Å². The number of amides is 1. The van der Waals surface area contributed by atoms with E-state index in [4.69, 9.17) is 14.2 Å². The van der Waals surface area contributed by atoms with Crippen LogP contribution in [0.5, 0.6) is 11.6 Å². The number of carbonyl (C=O) groups is 1. The summed E-state index contributed by atoms with van der Waals surface area (Å²) in [5.74, 6) is 0.844. The van der Waals surface area contributed by atoms with Crippen LogP contribution in [0, 0.1) is 0 Å². The van der Waals surface area contributed by atoms with Gasteiger partial charge in [0.15, 0.2) is 0 Å². The molecular weight excluding hydrogens is 308 g/mol. The number of para-hydroxylation sites is 1. The number of rotatable bonds is 6. The summed E-state index contributed by atoms with van der Waals surface area (Å²) in [6, 6.07) is 11.0. The van der Waals surface area contributed by atoms with Crippen LogP contribution < -0.4 is 14.8 Å². The predicted molar refractivity (Wildman–Crippen MR) is 88.3 cm³/mol. The van der Waals surface area contributed by atoms with Gasteiger partial charge in [0.25, 0.3) is 5.91 Å². The smallest absolute Gasteiger partial charge is 0.257 e. The summed E-state index contributed by atoms with van der Waals surface area (Å²) >= 11 is 0. The first-order chi connectivity index (χ1) is 11.8. The molecule has 2 aromatic rings. The minimum atomic E-state index is -0.233. The van der Waals surface area contributed by atoms with E-state index in [1.54, 1.807) is 25.4 Å². The molecule has 0 radical (unpaired) electrons. The van der Waals surface area contributed by atoms with Crippen LogP contribution in [0.1, 0.15) is 22.3 Å². The normalized spacial score (nSPS) is 16.6. The lowest BCUT2D eigenvalue weighted by atomic mass is 10.2. The van der Waals surface area contributed by atoms with E-state index < -0.39 is 0 Å². The Morgan fingerprint density at radius 3 is 3.00 bits per heavy atom. The maximum atomic E-state index is 12.5. The minimum absolute atomic E-state index is 0.0549. The molecule has 6 nitrogen and oxygen atoms in total. The number of pyridine rings is 1. The second-order valence-electron chi connectivity index (χ2n) is 5.45. The zero-order valence-corrected chi connectivity index (χ0v) is 13.5. The maximum absolute atomic E-state index is 12.5. The van der Waals surface area contributed by atoms with E-state index in [1.807, 2.05) is 24.3 Å². The van der Waals surface area contributed by atoms with Crippen molar-refractivity contribution >= 4 is 5.91 Å². The molecule has 1 aromatic carbocycles. The molecule has 6 heteroatoms. The molecule has 1 N–H and O–H groups in total. The average Bonchev–Trinajstić information content (AvgIpc) is 3.13. The van der Waals surface area contributed by atoms with Gasteiger partial charge in [0, 0.05) is 24.7 Å². The number of ether oxygens (including phenoxy) is 3. The highest BCUT2D eigenvalue weighted by Gasteiger charge is 2.21. The molecule has 1 amide bonds. The van der Waals surface area contributed by atoms with Gasteiger partial charge in [-0.15, -0.1) is 0 Å². The van der Waals surface area contributed by atoms with Crippen LogP contribution in [0.15, 0.2) is 42.6 Å². The SMILES string of the molecule is COc1ccccc1CNC(=O)c1cccnc1O[C@H]1CCOC1. The molecule has 126 valence electrons. The Morgan fingerprint density at radius 2 is 2.21 bits per heavy atom. The molecule has 3 rings (SSSR count). The van der Waals surface area contributed by atoms with Crippen LogP contribution in [0.4, 0.5) is 0 Å². The third-order valence-electron chi connectivity index (χ3n) is 3.81. The van der Waals surface area contributed by atoms with E-state index >= 15 is 0 Å². The van der Waals surface area contributed by atoms with Crippen LogP contribution in [-0.4, -0.2) is 37.3 Å². The number of hydrogen-bond donors (Lipinski definition) is 1. The summed E-state index contributed by atoms with van der Waals surface area (Å²) in [6.45, 7) is 1.56. The van der Waals surface area contributed by atoms with E-state index in [0.29, 0.717) is 31.2 Å². The second kappa shape index (κ2) is 7.79. The van der Waals surface area contributed by atoms with E-state index in [9.17, 15) is 4.79 Å². The molecule has 1 aliphatic rings. The van der Waals surface area contributed by atoms with Gasteiger partial charge in [0.2, 0.25) is 5.88 Å². The summed E-state index contributed by atoms with van der Waals surface area (Å²) in [6.07, 6.45) is 2.36. The number of nitrogens with zero attached hydrogens (tertiary/aromatic N) is 1. The molecule has 0 bridgehead atoms. The summed E-state index contributed by atoms with van der Waals surface area (Å²) < 4.78 is 16.4. The molecule has 0 aliphatic carbocycles. The van der Waals surface area contributed by atoms with Gasteiger partial charge in [0.1, 0.15) is 17.4 Å². The number of carbonyl (C=O) groups excluding carboxylic acids is 1. The first-order valence-electron chi connectivity index (χ1n) is 7.87. The molecule has 0 saturated carbocycles. The number of nitrogens with one attached hydrogen (secondary N) is 1. The van der Waals surface area contributed by atoms with E-state index in [-0.39, 0.29) is 12.0 Å². The monoisotopic (exact) mass is 328 g/mol. The van der Waals surface area contributed by atoms with Gasteiger partial charge in [-0.2, -0.15) is 0 Å². The zero-order valence-electron chi connectivity index (χ0n) is 13.5. The summed E-state index contributed by atoms with van der Waals surface area (Å²) in [5.41, 5.74) is 1.32. The minimum Gasteiger partial charge on any atom is -0.496 e. The summed E-state index contributed by atoms with van der Waals surface area (Å²) in [4.78, 5) is 16.7. The molecule has 1 atom stereocenters. The van der Waals surface area contributed by atoms with Crippen molar-refractivity contribution in [2.24, 2.45) is 0 Å². The Morgan fingerprint density at radius 1 is 1.33 bits per heavy atom. The summed E-state index contributed by atoms with van der Waals surface area (Å²) in [5, 5.41) is 2.89. The molecule has 1 saturated heterocycles. The van der Waals surface area contributed by atoms with Crippen molar-refractivity contribution in [2.45, 2.75) is 19.1 Å². The number of benzene rings is 1. The molecule has 1 fully saturated rings. The fourth-order valence-corrected chi connectivity index (χ4v) is 2.54. The van der Waals surface area contributed by atoms with Crippen molar-refractivity contribution in [3.63, 3.8) is 0 Å². The van der Waals surface area contributed by atoms with Crippen LogP contribution >= 0.6 is 0 Å². The molecule has 0 spiro atoms. The van der Waals surface area contributed by atoms with Crippen molar-refractivity contribution in [3.05, 3.63) is 53.7 Å². The van der Waals surface area contributed by atoms with Crippen LogP contribution in [-0.2, 0) is 11.3 Å². The van der Waals surface area contributed by atoms with Crippen molar-refractivity contribution < 1.29 is 19.0 Å². The molecule has 0 unspecified atom stereocenters. The van der Waals surface area contributed by atoms with Gasteiger partial charge >= 0.3 is 0 Å². The predicted octanol–water partition coefficient (Wildman–Crippen LogP) is 2.19. The molecule has 2 heterocycles.